The lowest BCUT2D eigenvalue weighted by atomic mass is 10.4. The van der Waals surface area contributed by atoms with Crippen molar-refractivity contribution in [1.82, 2.24) is 14.8 Å². The predicted molar refractivity (Wildman–Crippen MR) is 47.4 cm³/mol. The Balaban J connectivity index is 2.16. The average Bonchev–Trinajstić information content (AvgIpc) is 2.63. The molecule has 16 heavy (non-hydrogen) atoms. The number of aliphatic hydroxyl groups excluding tert-OH is 1. The average molecular weight is 239 g/mol. The van der Waals surface area contributed by atoms with E-state index in [9.17, 15) is 13.2 Å². The Morgan fingerprint density at radius 1 is 1.44 bits per heavy atom. The minimum Gasteiger partial charge on any atom is -0.388 e. The molecular formula is C8H12F3N3O2. The highest BCUT2D eigenvalue weighted by molar-refractivity contribution is 4.80. The molecule has 0 amide bonds. The Hall–Kier alpha value is -1.15. The molecule has 1 N–H and O–H groups in total. The van der Waals surface area contributed by atoms with E-state index < -0.39 is 12.8 Å². The summed E-state index contributed by atoms with van der Waals surface area (Å²) >= 11 is 0. The van der Waals surface area contributed by atoms with E-state index >= 15 is 0 Å². The fourth-order valence-electron chi connectivity index (χ4n) is 1.10. The maximum absolute atomic E-state index is 11.7. The SMILES string of the molecule is OCc1ncnn1CCCOCC(F)(F)F. The van der Waals surface area contributed by atoms with Gasteiger partial charge in [-0.05, 0) is 6.42 Å². The van der Waals surface area contributed by atoms with Crippen LogP contribution < -0.4 is 0 Å². The Bertz CT molecular complexity index is 314. The largest absolute Gasteiger partial charge is 0.411 e. The van der Waals surface area contributed by atoms with Crippen LogP contribution in [-0.4, -0.2) is 39.3 Å². The highest BCUT2D eigenvalue weighted by Gasteiger charge is 2.27. The number of rotatable bonds is 6. The van der Waals surface area contributed by atoms with Crippen molar-refractivity contribution in [3.8, 4) is 0 Å². The van der Waals surface area contributed by atoms with E-state index in [-0.39, 0.29) is 13.2 Å². The maximum atomic E-state index is 11.7. The number of aromatic nitrogens is 3. The molecule has 0 aliphatic heterocycles. The lowest BCUT2D eigenvalue weighted by molar-refractivity contribution is -0.174. The monoisotopic (exact) mass is 239 g/mol. The zero-order valence-electron chi connectivity index (χ0n) is 8.44. The van der Waals surface area contributed by atoms with Gasteiger partial charge < -0.3 is 9.84 Å². The van der Waals surface area contributed by atoms with Crippen LogP contribution in [0.25, 0.3) is 0 Å². The van der Waals surface area contributed by atoms with Gasteiger partial charge in [0.25, 0.3) is 0 Å². The number of nitrogens with zero attached hydrogens (tertiary/aromatic N) is 3. The molecule has 0 aliphatic carbocycles. The number of alkyl halides is 3. The van der Waals surface area contributed by atoms with Gasteiger partial charge in [0.15, 0.2) is 5.82 Å². The summed E-state index contributed by atoms with van der Waals surface area (Å²) in [6.07, 6.45) is -2.63. The summed E-state index contributed by atoms with van der Waals surface area (Å²) in [6.45, 7) is -1.13. The Morgan fingerprint density at radius 3 is 2.81 bits per heavy atom. The molecule has 0 bridgehead atoms. The van der Waals surface area contributed by atoms with Gasteiger partial charge in [-0.2, -0.15) is 18.3 Å². The van der Waals surface area contributed by atoms with E-state index in [0.29, 0.717) is 18.8 Å². The van der Waals surface area contributed by atoms with Gasteiger partial charge in [0.2, 0.25) is 0 Å². The van der Waals surface area contributed by atoms with Crippen molar-refractivity contribution in [2.75, 3.05) is 13.2 Å². The van der Waals surface area contributed by atoms with Crippen LogP contribution in [0.2, 0.25) is 0 Å². The fourth-order valence-corrected chi connectivity index (χ4v) is 1.10. The molecule has 1 aromatic rings. The number of hydrogen-bond donors (Lipinski definition) is 1. The summed E-state index contributed by atoms with van der Waals surface area (Å²) in [7, 11) is 0. The Labute approximate surface area is 89.9 Å². The van der Waals surface area contributed by atoms with E-state index in [1.54, 1.807) is 0 Å². The van der Waals surface area contributed by atoms with Crippen molar-refractivity contribution in [2.45, 2.75) is 25.7 Å². The van der Waals surface area contributed by atoms with Crippen molar-refractivity contribution in [2.24, 2.45) is 0 Å². The van der Waals surface area contributed by atoms with Crippen LogP contribution >= 0.6 is 0 Å². The first-order chi connectivity index (χ1) is 7.53. The van der Waals surface area contributed by atoms with Crippen LogP contribution in [0.3, 0.4) is 0 Å². The molecule has 5 nitrogen and oxygen atoms in total. The number of hydrogen-bond acceptors (Lipinski definition) is 4. The molecule has 1 rings (SSSR count). The van der Waals surface area contributed by atoms with Gasteiger partial charge in [-0.25, -0.2) is 9.67 Å². The van der Waals surface area contributed by atoms with Crippen LogP contribution in [0.5, 0.6) is 0 Å². The van der Waals surface area contributed by atoms with Gasteiger partial charge >= 0.3 is 6.18 Å². The summed E-state index contributed by atoms with van der Waals surface area (Å²) < 4.78 is 40.9. The summed E-state index contributed by atoms with van der Waals surface area (Å²) in [6, 6.07) is 0. The summed E-state index contributed by atoms with van der Waals surface area (Å²) in [4.78, 5) is 3.75. The molecular weight excluding hydrogens is 227 g/mol. The predicted octanol–water partition coefficient (Wildman–Crippen LogP) is 0.739. The third kappa shape index (κ3) is 4.58. The number of ether oxygens (including phenoxy) is 1. The highest BCUT2D eigenvalue weighted by atomic mass is 19.4. The van der Waals surface area contributed by atoms with Gasteiger partial charge in [-0.1, -0.05) is 0 Å². The second kappa shape index (κ2) is 5.80. The summed E-state index contributed by atoms with van der Waals surface area (Å²) in [5.74, 6) is 0.385. The minimum absolute atomic E-state index is 0.00968. The number of aliphatic hydroxyl groups is 1. The number of aryl methyl sites for hydroxylation is 1. The lowest BCUT2D eigenvalue weighted by Gasteiger charge is -2.07. The van der Waals surface area contributed by atoms with E-state index in [1.165, 1.54) is 11.0 Å². The Kier molecular flexibility index (Phi) is 4.69. The third-order valence-electron chi connectivity index (χ3n) is 1.76. The van der Waals surface area contributed by atoms with Crippen LogP contribution in [0.15, 0.2) is 6.33 Å². The molecule has 8 heteroatoms. The maximum Gasteiger partial charge on any atom is 0.411 e. The van der Waals surface area contributed by atoms with Gasteiger partial charge in [0.1, 0.15) is 19.5 Å². The molecule has 92 valence electrons. The van der Waals surface area contributed by atoms with Gasteiger partial charge in [-0.15, -0.1) is 0 Å². The molecule has 0 fully saturated rings. The first-order valence-corrected chi connectivity index (χ1v) is 4.65. The molecule has 1 heterocycles. The molecule has 0 saturated heterocycles. The molecule has 0 aliphatic rings. The molecule has 1 aromatic heterocycles. The first kappa shape index (κ1) is 12.9. The highest BCUT2D eigenvalue weighted by Crippen LogP contribution is 2.14. The topological polar surface area (TPSA) is 60.2 Å². The van der Waals surface area contributed by atoms with E-state index in [2.05, 4.69) is 14.8 Å². The second-order valence-electron chi connectivity index (χ2n) is 3.08. The van der Waals surface area contributed by atoms with Crippen molar-refractivity contribution < 1.29 is 23.0 Å². The van der Waals surface area contributed by atoms with E-state index in [1.807, 2.05) is 0 Å². The smallest absolute Gasteiger partial charge is 0.388 e. The molecule has 0 aromatic carbocycles. The van der Waals surface area contributed by atoms with Crippen molar-refractivity contribution >= 4 is 0 Å². The molecule has 0 radical (unpaired) electrons. The van der Waals surface area contributed by atoms with E-state index in [4.69, 9.17) is 5.11 Å². The molecule has 0 atom stereocenters. The lowest BCUT2D eigenvalue weighted by Crippen LogP contribution is -2.18. The second-order valence-corrected chi connectivity index (χ2v) is 3.08. The fraction of sp³-hybridized carbons (Fsp3) is 0.750. The van der Waals surface area contributed by atoms with Gasteiger partial charge in [-0.3, -0.25) is 0 Å². The molecule has 0 saturated carbocycles. The first-order valence-electron chi connectivity index (χ1n) is 4.65. The van der Waals surface area contributed by atoms with Crippen LogP contribution in [0.4, 0.5) is 13.2 Å². The zero-order chi connectivity index (χ0) is 12.0. The van der Waals surface area contributed by atoms with Crippen molar-refractivity contribution in [3.05, 3.63) is 12.2 Å². The third-order valence-corrected chi connectivity index (χ3v) is 1.76. The van der Waals surface area contributed by atoms with Crippen LogP contribution in [0, 0.1) is 0 Å². The van der Waals surface area contributed by atoms with Gasteiger partial charge in [0, 0.05) is 13.2 Å². The van der Waals surface area contributed by atoms with Crippen molar-refractivity contribution in [3.63, 3.8) is 0 Å². The van der Waals surface area contributed by atoms with E-state index in [0.717, 1.165) is 0 Å². The van der Waals surface area contributed by atoms with Crippen molar-refractivity contribution in [1.29, 1.82) is 0 Å². The molecule has 0 unspecified atom stereocenters. The zero-order valence-corrected chi connectivity index (χ0v) is 8.44. The summed E-state index contributed by atoms with van der Waals surface area (Å²) in [5, 5.41) is 12.6. The Morgan fingerprint density at radius 2 is 2.19 bits per heavy atom. The number of halogens is 3. The quantitative estimate of drug-likeness (QED) is 0.744. The minimum atomic E-state index is -4.29. The van der Waals surface area contributed by atoms with Gasteiger partial charge in [0.05, 0.1) is 0 Å². The van der Waals surface area contributed by atoms with Crippen LogP contribution in [-0.2, 0) is 17.9 Å². The van der Waals surface area contributed by atoms with Crippen LogP contribution in [0.1, 0.15) is 12.2 Å². The standard InChI is InChI=1S/C8H12F3N3O2/c9-8(10,11)5-16-3-1-2-14-7(4-15)12-6-13-14/h6,15H,1-5H2. The summed E-state index contributed by atoms with van der Waals surface area (Å²) in [5.41, 5.74) is 0. The normalized spacial score (nSPS) is 12.0. The molecule has 0 spiro atoms.